The third-order valence-corrected chi connectivity index (χ3v) is 2.79. The molecule has 2 rings (SSSR count). The Hall–Kier alpha value is -1.84. The summed E-state index contributed by atoms with van der Waals surface area (Å²) in [5.74, 6) is -0.820. The lowest BCUT2D eigenvalue weighted by atomic mass is 10.1. The highest BCUT2D eigenvalue weighted by molar-refractivity contribution is 6.07. The molecular weight excluding hydrogens is 204 g/mol. The summed E-state index contributed by atoms with van der Waals surface area (Å²) in [4.78, 5) is 25.0. The number of rotatable bonds is 2. The Balaban J connectivity index is 2.02. The Morgan fingerprint density at radius 2 is 2.06 bits per heavy atom. The second-order valence-electron chi connectivity index (χ2n) is 3.96. The molecule has 0 spiro atoms. The topological polar surface area (TPSA) is 49.4 Å². The summed E-state index contributed by atoms with van der Waals surface area (Å²) in [5, 5.41) is 2.75. The fourth-order valence-electron chi connectivity index (χ4n) is 1.82. The highest BCUT2D eigenvalue weighted by Gasteiger charge is 2.34. The van der Waals surface area contributed by atoms with Crippen LogP contribution in [0.15, 0.2) is 30.3 Å². The van der Waals surface area contributed by atoms with Crippen molar-refractivity contribution in [2.75, 3.05) is 18.9 Å². The molecule has 1 unspecified atom stereocenters. The minimum absolute atomic E-state index is 0.0894. The smallest absolute Gasteiger partial charge is 0.237 e. The summed E-state index contributed by atoms with van der Waals surface area (Å²) < 4.78 is 0. The maximum absolute atomic E-state index is 11.8. The first-order chi connectivity index (χ1) is 7.68. The van der Waals surface area contributed by atoms with E-state index < -0.39 is 5.92 Å². The van der Waals surface area contributed by atoms with E-state index in [1.54, 1.807) is 24.1 Å². The van der Waals surface area contributed by atoms with Crippen LogP contribution in [-0.4, -0.2) is 30.3 Å². The molecule has 2 amide bonds. The zero-order valence-corrected chi connectivity index (χ0v) is 9.14. The van der Waals surface area contributed by atoms with Crippen LogP contribution in [0.2, 0.25) is 0 Å². The fraction of sp³-hybridized carbons (Fsp3) is 0.333. The van der Waals surface area contributed by atoms with Crippen molar-refractivity contribution in [3.8, 4) is 0 Å². The number of nitrogens with zero attached hydrogens (tertiary/aromatic N) is 1. The summed E-state index contributed by atoms with van der Waals surface area (Å²) in [6.07, 6.45) is 0.605. The van der Waals surface area contributed by atoms with Crippen LogP contribution >= 0.6 is 0 Å². The number of hydrogen-bond acceptors (Lipinski definition) is 2. The normalized spacial score (nSPS) is 19.9. The van der Waals surface area contributed by atoms with Gasteiger partial charge in [0.15, 0.2) is 0 Å². The number of anilines is 1. The van der Waals surface area contributed by atoms with Gasteiger partial charge < -0.3 is 10.2 Å². The molecule has 1 atom stereocenters. The predicted octanol–water partition coefficient (Wildman–Crippen LogP) is 1.10. The number of likely N-dealkylation sites (tertiary alicyclic amines) is 1. The number of nitrogens with one attached hydrogen (secondary N) is 1. The van der Waals surface area contributed by atoms with Gasteiger partial charge in [-0.25, -0.2) is 0 Å². The van der Waals surface area contributed by atoms with Gasteiger partial charge in [0.1, 0.15) is 5.92 Å². The third kappa shape index (κ3) is 2.05. The summed E-state index contributed by atoms with van der Waals surface area (Å²) in [6.45, 7) is 0.658. The van der Waals surface area contributed by atoms with Gasteiger partial charge in [-0.2, -0.15) is 0 Å². The van der Waals surface area contributed by atoms with Crippen molar-refractivity contribution >= 4 is 17.5 Å². The number of amides is 2. The molecule has 0 saturated carbocycles. The third-order valence-electron chi connectivity index (χ3n) is 2.79. The highest BCUT2D eigenvalue weighted by Crippen LogP contribution is 2.18. The molecule has 1 aliphatic rings. The molecule has 4 heteroatoms. The van der Waals surface area contributed by atoms with Crippen LogP contribution in [0.1, 0.15) is 6.42 Å². The molecule has 84 valence electrons. The van der Waals surface area contributed by atoms with Gasteiger partial charge in [-0.15, -0.1) is 0 Å². The number of carbonyl (C=O) groups is 2. The molecule has 16 heavy (non-hydrogen) atoms. The zero-order valence-electron chi connectivity index (χ0n) is 9.14. The van der Waals surface area contributed by atoms with E-state index in [9.17, 15) is 9.59 Å². The summed E-state index contributed by atoms with van der Waals surface area (Å²) >= 11 is 0. The minimum Gasteiger partial charge on any atom is -0.345 e. The Bertz CT molecular complexity index is 403. The van der Waals surface area contributed by atoms with Gasteiger partial charge in [-0.1, -0.05) is 18.2 Å². The van der Waals surface area contributed by atoms with E-state index in [0.29, 0.717) is 13.0 Å². The van der Waals surface area contributed by atoms with Crippen LogP contribution in [0.5, 0.6) is 0 Å². The van der Waals surface area contributed by atoms with Gasteiger partial charge in [0.2, 0.25) is 11.8 Å². The van der Waals surface area contributed by atoms with Crippen molar-refractivity contribution in [2.45, 2.75) is 6.42 Å². The lowest BCUT2D eigenvalue weighted by Gasteiger charge is -2.10. The summed E-state index contributed by atoms with van der Waals surface area (Å²) in [5.41, 5.74) is 0.731. The lowest BCUT2D eigenvalue weighted by molar-refractivity contribution is -0.134. The maximum atomic E-state index is 11.8. The molecule has 1 aromatic rings. The van der Waals surface area contributed by atoms with Crippen molar-refractivity contribution in [3.05, 3.63) is 30.3 Å². The van der Waals surface area contributed by atoms with Crippen LogP contribution in [0.3, 0.4) is 0 Å². The Kier molecular flexibility index (Phi) is 2.90. The van der Waals surface area contributed by atoms with E-state index in [2.05, 4.69) is 5.32 Å². The van der Waals surface area contributed by atoms with Gasteiger partial charge in [0, 0.05) is 19.3 Å². The fourth-order valence-corrected chi connectivity index (χ4v) is 1.82. The Morgan fingerprint density at radius 1 is 1.38 bits per heavy atom. The summed E-state index contributed by atoms with van der Waals surface area (Å²) in [7, 11) is 1.72. The van der Waals surface area contributed by atoms with Crippen molar-refractivity contribution in [1.82, 2.24) is 4.90 Å². The molecule has 1 saturated heterocycles. The average Bonchev–Trinajstić information content (AvgIpc) is 2.61. The molecule has 1 aromatic carbocycles. The van der Waals surface area contributed by atoms with Crippen LogP contribution < -0.4 is 5.32 Å². The second kappa shape index (κ2) is 4.35. The van der Waals surface area contributed by atoms with E-state index >= 15 is 0 Å². The number of carbonyl (C=O) groups excluding carboxylic acids is 2. The van der Waals surface area contributed by atoms with Gasteiger partial charge in [-0.3, -0.25) is 9.59 Å². The Labute approximate surface area is 94.2 Å². The van der Waals surface area contributed by atoms with E-state index in [1.165, 1.54) is 0 Å². The van der Waals surface area contributed by atoms with Gasteiger partial charge >= 0.3 is 0 Å². The second-order valence-corrected chi connectivity index (χ2v) is 3.96. The number of para-hydroxylation sites is 1. The maximum Gasteiger partial charge on any atom is 0.237 e. The molecule has 1 heterocycles. The van der Waals surface area contributed by atoms with E-state index in [0.717, 1.165) is 5.69 Å². The monoisotopic (exact) mass is 218 g/mol. The average molecular weight is 218 g/mol. The molecule has 4 nitrogen and oxygen atoms in total. The molecule has 0 radical (unpaired) electrons. The SMILES string of the molecule is CN1CCC(C(=O)Nc2ccccc2)C1=O. The van der Waals surface area contributed by atoms with E-state index in [1.807, 2.05) is 18.2 Å². The predicted molar refractivity (Wildman–Crippen MR) is 60.8 cm³/mol. The lowest BCUT2D eigenvalue weighted by Crippen LogP contribution is -2.30. The molecule has 1 N–H and O–H groups in total. The van der Waals surface area contributed by atoms with E-state index in [-0.39, 0.29) is 11.8 Å². The standard InChI is InChI=1S/C12H14N2O2/c1-14-8-7-10(12(14)16)11(15)13-9-5-3-2-4-6-9/h2-6,10H,7-8H2,1H3,(H,13,15). The van der Waals surface area contributed by atoms with E-state index in [4.69, 9.17) is 0 Å². The summed E-state index contributed by atoms with van der Waals surface area (Å²) in [6, 6.07) is 9.18. The van der Waals surface area contributed by atoms with Crippen LogP contribution in [-0.2, 0) is 9.59 Å². The molecule has 1 fully saturated rings. The largest absolute Gasteiger partial charge is 0.345 e. The van der Waals surface area contributed by atoms with Gasteiger partial charge in [0.25, 0.3) is 0 Å². The molecule has 0 bridgehead atoms. The molecule has 0 aromatic heterocycles. The van der Waals surface area contributed by atoms with Crippen molar-refractivity contribution in [2.24, 2.45) is 5.92 Å². The molecule has 1 aliphatic heterocycles. The molecule has 0 aliphatic carbocycles. The number of hydrogen-bond donors (Lipinski definition) is 1. The van der Waals surface area contributed by atoms with Crippen LogP contribution in [0.25, 0.3) is 0 Å². The highest BCUT2D eigenvalue weighted by atomic mass is 16.2. The van der Waals surface area contributed by atoms with Crippen LogP contribution in [0.4, 0.5) is 5.69 Å². The van der Waals surface area contributed by atoms with Crippen molar-refractivity contribution in [1.29, 1.82) is 0 Å². The van der Waals surface area contributed by atoms with Crippen LogP contribution in [0, 0.1) is 5.92 Å². The van der Waals surface area contributed by atoms with Crippen molar-refractivity contribution < 1.29 is 9.59 Å². The molecular formula is C12H14N2O2. The van der Waals surface area contributed by atoms with Crippen molar-refractivity contribution in [3.63, 3.8) is 0 Å². The first-order valence-electron chi connectivity index (χ1n) is 5.29. The first kappa shape index (κ1) is 10.7. The Morgan fingerprint density at radius 3 is 2.62 bits per heavy atom. The quantitative estimate of drug-likeness (QED) is 0.756. The number of benzene rings is 1. The zero-order chi connectivity index (χ0) is 11.5. The van der Waals surface area contributed by atoms with Gasteiger partial charge in [0.05, 0.1) is 0 Å². The van der Waals surface area contributed by atoms with Gasteiger partial charge in [-0.05, 0) is 18.6 Å². The first-order valence-corrected chi connectivity index (χ1v) is 5.29. The minimum atomic E-state index is -0.523.